The van der Waals surface area contributed by atoms with Gasteiger partial charge in [-0.2, -0.15) is 0 Å². The van der Waals surface area contributed by atoms with Crippen LogP contribution in [0, 0.1) is 17.5 Å². The summed E-state index contributed by atoms with van der Waals surface area (Å²) >= 11 is 0. The third-order valence-electron chi connectivity index (χ3n) is 6.48. The number of urea groups is 1. The zero-order valence-corrected chi connectivity index (χ0v) is 18.6. The van der Waals surface area contributed by atoms with E-state index in [1.165, 1.54) is 12.3 Å². The molecule has 2 aliphatic rings. The van der Waals surface area contributed by atoms with Crippen molar-refractivity contribution < 1.29 is 26.7 Å². The molecule has 2 fully saturated rings. The summed E-state index contributed by atoms with van der Waals surface area (Å²) in [5.41, 5.74) is 0.412. The molecule has 3 aromatic rings. The first-order valence-electron chi connectivity index (χ1n) is 11.4. The van der Waals surface area contributed by atoms with Crippen LogP contribution >= 0.6 is 0 Å². The number of nitrogens with zero attached hydrogens (tertiary/aromatic N) is 3. The number of nitrogens with one attached hydrogen (secondary N) is 3. The summed E-state index contributed by atoms with van der Waals surface area (Å²) in [4.78, 5) is 24.3. The SMILES string of the molecule is O=C(NC1CCCC(Nc2nc(-c3c[nH]c4ncc(F)cc34)c(F)cc2F)C1)N1CCC(F)(F)C1. The fraction of sp³-hybridized carbons (Fsp3) is 0.435. The first-order chi connectivity index (χ1) is 16.7. The lowest BCUT2D eigenvalue weighted by Crippen LogP contribution is -2.47. The monoisotopic (exact) mass is 494 g/mol. The number of likely N-dealkylation sites (tertiary alicyclic amines) is 1. The minimum absolute atomic E-state index is 0.00598. The van der Waals surface area contributed by atoms with E-state index in [9.17, 15) is 26.7 Å². The van der Waals surface area contributed by atoms with Crippen molar-refractivity contribution in [2.75, 3.05) is 18.4 Å². The average molecular weight is 494 g/mol. The lowest BCUT2D eigenvalue weighted by molar-refractivity contribution is 0.0152. The smallest absolute Gasteiger partial charge is 0.317 e. The van der Waals surface area contributed by atoms with Gasteiger partial charge in [0.25, 0.3) is 5.92 Å². The first kappa shape index (κ1) is 23.3. The van der Waals surface area contributed by atoms with Gasteiger partial charge < -0.3 is 20.5 Å². The number of amides is 2. The maximum Gasteiger partial charge on any atom is 0.317 e. The van der Waals surface area contributed by atoms with Gasteiger partial charge >= 0.3 is 6.03 Å². The highest BCUT2D eigenvalue weighted by Crippen LogP contribution is 2.32. The molecule has 1 saturated heterocycles. The highest BCUT2D eigenvalue weighted by Gasteiger charge is 2.40. The molecule has 3 aromatic heterocycles. The number of carbonyl (C=O) groups excluding carboxylic acids is 1. The summed E-state index contributed by atoms with van der Waals surface area (Å²) in [5.74, 6) is -5.44. The Morgan fingerprint density at radius 3 is 2.71 bits per heavy atom. The van der Waals surface area contributed by atoms with Crippen LogP contribution in [0.2, 0.25) is 0 Å². The summed E-state index contributed by atoms with van der Waals surface area (Å²) < 4.78 is 69.8. The number of pyridine rings is 2. The molecular weight excluding hydrogens is 471 g/mol. The number of rotatable bonds is 4. The first-order valence-corrected chi connectivity index (χ1v) is 11.4. The van der Waals surface area contributed by atoms with Crippen LogP contribution in [-0.4, -0.2) is 57.0 Å². The quantitative estimate of drug-likeness (QED) is 0.454. The van der Waals surface area contributed by atoms with Gasteiger partial charge in [0.1, 0.15) is 17.2 Å². The van der Waals surface area contributed by atoms with Crippen molar-refractivity contribution in [2.45, 2.75) is 50.1 Å². The second kappa shape index (κ2) is 8.97. The second-order valence-corrected chi connectivity index (χ2v) is 9.08. The normalized spacial score (nSPS) is 21.9. The van der Waals surface area contributed by atoms with Gasteiger partial charge in [-0.1, -0.05) is 0 Å². The number of carbonyl (C=O) groups is 1. The number of hydrogen-bond donors (Lipinski definition) is 3. The summed E-state index contributed by atoms with van der Waals surface area (Å²) in [7, 11) is 0. The Morgan fingerprint density at radius 1 is 1.14 bits per heavy atom. The number of halogens is 5. The number of anilines is 1. The maximum absolute atomic E-state index is 14.6. The Bertz CT molecular complexity index is 1260. The van der Waals surface area contributed by atoms with Gasteiger partial charge in [-0.15, -0.1) is 0 Å². The number of aromatic amines is 1. The van der Waals surface area contributed by atoms with E-state index in [1.807, 2.05) is 0 Å². The van der Waals surface area contributed by atoms with E-state index in [4.69, 9.17) is 0 Å². The molecule has 2 atom stereocenters. The van der Waals surface area contributed by atoms with Crippen LogP contribution in [0.15, 0.2) is 24.5 Å². The molecule has 0 bridgehead atoms. The van der Waals surface area contributed by atoms with Gasteiger partial charge in [0.05, 0.1) is 12.7 Å². The van der Waals surface area contributed by atoms with Crippen molar-refractivity contribution >= 4 is 22.9 Å². The van der Waals surface area contributed by atoms with E-state index in [1.54, 1.807) is 0 Å². The third kappa shape index (κ3) is 4.87. The van der Waals surface area contributed by atoms with Crippen molar-refractivity contribution in [1.82, 2.24) is 25.2 Å². The number of aromatic nitrogens is 3. The molecule has 2 amide bonds. The molecule has 1 saturated carbocycles. The van der Waals surface area contributed by atoms with E-state index < -0.39 is 36.0 Å². The second-order valence-electron chi connectivity index (χ2n) is 9.08. The van der Waals surface area contributed by atoms with Gasteiger partial charge in [0.2, 0.25) is 0 Å². The molecule has 1 aliphatic heterocycles. The topological polar surface area (TPSA) is 85.9 Å². The zero-order chi connectivity index (χ0) is 24.7. The summed E-state index contributed by atoms with van der Waals surface area (Å²) in [6.07, 6.45) is 4.55. The molecule has 7 nitrogen and oxygen atoms in total. The molecule has 35 heavy (non-hydrogen) atoms. The highest BCUT2D eigenvalue weighted by atomic mass is 19.3. The van der Waals surface area contributed by atoms with Gasteiger partial charge in [0.15, 0.2) is 17.5 Å². The van der Waals surface area contributed by atoms with Gasteiger partial charge in [-0.25, -0.2) is 36.7 Å². The van der Waals surface area contributed by atoms with Gasteiger partial charge in [0, 0.05) is 48.3 Å². The molecular formula is C23H23F5N6O. The molecule has 0 spiro atoms. The molecule has 186 valence electrons. The van der Waals surface area contributed by atoms with E-state index >= 15 is 0 Å². The van der Waals surface area contributed by atoms with E-state index in [0.717, 1.165) is 11.1 Å². The van der Waals surface area contributed by atoms with Crippen LogP contribution in [0.25, 0.3) is 22.3 Å². The van der Waals surface area contributed by atoms with E-state index in [-0.39, 0.29) is 42.1 Å². The van der Waals surface area contributed by atoms with Crippen molar-refractivity contribution in [2.24, 2.45) is 0 Å². The fourth-order valence-corrected chi connectivity index (χ4v) is 4.75. The van der Waals surface area contributed by atoms with Crippen molar-refractivity contribution in [1.29, 1.82) is 0 Å². The largest absolute Gasteiger partial charge is 0.365 e. The number of H-pyrrole nitrogens is 1. The molecule has 1 aliphatic carbocycles. The molecule has 5 rings (SSSR count). The Hall–Kier alpha value is -3.44. The predicted octanol–water partition coefficient (Wildman–Crippen LogP) is 4.82. The number of hydrogen-bond acceptors (Lipinski definition) is 4. The van der Waals surface area contributed by atoms with Crippen LogP contribution < -0.4 is 10.6 Å². The van der Waals surface area contributed by atoms with Crippen LogP contribution in [0.1, 0.15) is 32.1 Å². The van der Waals surface area contributed by atoms with Crippen molar-refractivity contribution in [3.05, 3.63) is 42.0 Å². The standard InChI is InChI=1S/C23H23F5N6O/c24-12-6-15-16(10-30-20(15)29-9-12)19-17(25)8-18(26)21(33-19)31-13-2-1-3-14(7-13)32-22(35)34-5-4-23(27,28)11-34/h6,8-10,13-14H,1-5,7,11H2,(H,29,30)(H,31,33)(H,32,35). The van der Waals surface area contributed by atoms with Crippen LogP contribution in [-0.2, 0) is 0 Å². The van der Waals surface area contributed by atoms with E-state index in [0.29, 0.717) is 42.8 Å². The van der Waals surface area contributed by atoms with Gasteiger partial charge in [-0.3, -0.25) is 0 Å². The van der Waals surface area contributed by atoms with E-state index in [2.05, 4.69) is 25.6 Å². The maximum atomic E-state index is 14.6. The Labute approximate surface area is 197 Å². The van der Waals surface area contributed by atoms with Crippen LogP contribution in [0.4, 0.5) is 32.6 Å². The van der Waals surface area contributed by atoms with Crippen molar-refractivity contribution in [3.8, 4) is 11.3 Å². The summed E-state index contributed by atoms with van der Waals surface area (Å²) in [6.45, 7) is -0.609. The number of alkyl halides is 2. The third-order valence-corrected chi connectivity index (χ3v) is 6.48. The molecule has 0 radical (unpaired) electrons. The van der Waals surface area contributed by atoms with Crippen LogP contribution in [0.3, 0.4) is 0 Å². The zero-order valence-electron chi connectivity index (χ0n) is 18.6. The predicted molar refractivity (Wildman–Crippen MR) is 119 cm³/mol. The molecule has 0 aromatic carbocycles. The summed E-state index contributed by atoms with van der Waals surface area (Å²) in [6, 6.07) is 0.800. The minimum atomic E-state index is -2.87. The lowest BCUT2D eigenvalue weighted by atomic mass is 9.91. The van der Waals surface area contributed by atoms with Crippen molar-refractivity contribution in [3.63, 3.8) is 0 Å². The Kier molecular flexibility index (Phi) is 5.97. The molecule has 2 unspecified atom stereocenters. The van der Waals surface area contributed by atoms with Crippen LogP contribution in [0.5, 0.6) is 0 Å². The van der Waals surface area contributed by atoms with Gasteiger partial charge in [-0.05, 0) is 31.7 Å². The molecule has 12 heteroatoms. The lowest BCUT2D eigenvalue weighted by Gasteiger charge is -2.32. The Balaban J connectivity index is 1.31. The average Bonchev–Trinajstić information content (AvgIpc) is 3.38. The fourth-order valence-electron chi connectivity index (χ4n) is 4.75. The minimum Gasteiger partial charge on any atom is -0.365 e. The molecule has 3 N–H and O–H groups in total. The Morgan fingerprint density at radius 2 is 1.94 bits per heavy atom. The molecule has 4 heterocycles. The highest BCUT2D eigenvalue weighted by molar-refractivity contribution is 5.92. The summed E-state index contributed by atoms with van der Waals surface area (Å²) in [5, 5.41) is 6.08. The number of fused-ring (bicyclic) bond motifs is 1.